The molecule has 0 fully saturated rings. The predicted molar refractivity (Wildman–Crippen MR) is 66.4 cm³/mol. The van der Waals surface area contributed by atoms with Crippen molar-refractivity contribution in [1.29, 1.82) is 0 Å². The Kier molecular flexibility index (Phi) is 4.23. The maximum Gasteiger partial charge on any atom is 0.147 e. The molecule has 0 aliphatic carbocycles. The van der Waals surface area contributed by atoms with Crippen molar-refractivity contribution in [1.82, 2.24) is 4.98 Å². The molecule has 4 heteroatoms. The van der Waals surface area contributed by atoms with Gasteiger partial charge in [0.25, 0.3) is 0 Å². The van der Waals surface area contributed by atoms with Crippen LogP contribution in [0.15, 0.2) is 36.0 Å². The maximum absolute atomic E-state index is 13.3. The minimum absolute atomic E-state index is 0.339. The van der Waals surface area contributed by atoms with E-state index < -0.39 is 11.9 Å². The number of thiophene rings is 1. The maximum atomic E-state index is 13.3. The fourth-order valence-corrected chi connectivity index (χ4v) is 2.49. The number of nitrogens with zero attached hydrogens (tertiary/aromatic N) is 1. The number of aliphatic hydroxyl groups excluding tert-OH is 1. The van der Waals surface area contributed by atoms with Crippen molar-refractivity contribution >= 4 is 11.3 Å². The normalized spacial score (nSPS) is 12.6. The average molecular weight is 251 g/mol. The van der Waals surface area contributed by atoms with Gasteiger partial charge < -0.3 is 5.11 Å². The number of aliphatic hydroxyl groups is 1. The summed E-state index contributed by atoms with van der Waals surface area (Å²) in [4.78, 5) is 4.96. The van der Waals surface area contributed by atoms with E-state index in [-0.39, 0.29) is 0 Å². The first-order chi connectivity index (χ1) is 8.27. The van der Waals surface area contributed by atoms with Gasteiger partial charge in [-0.2, -0.15) is 0 Å². The first kappa shape index (κ1) is 12.2. The Bertz CT molecular complexity index is 458. The highest BCUT2D eigenvalue weighted by molar-refractivity contribution is 7.09. The van der Waals surface area contributed by atoms with Crippen LogP contribution in [-0.4, -0.2) is 10.1 Å². The Labute approximate surface area is 104 Å². The minimum atomic E-state index is -0.738. The molecule has 0 aliphatic heterocycles. The standard InChI is InChI=1S/C13H14FNOS/c14-12-9-15-7-6-11(12)13(16)5-1-3-10-4-2-8-17-10/h2,4,6-9,13,16H,1,3,5H2. The molecule has 0 aromatic carbocycles. The summed E-state index contributed by atoms with van der Waals surface area (Å²) in [6.45, 7) is 0. The van der Waals surface area contributed by atoms with Crippen molar-refractivity contribution in [2.24, 2.45) is 0 Å². The van der Waals surface area contributed by atoms with Gasteiger partial charge in [0.15, 0.2) is 0 Å². The Hall–Kier alpha value is -1.26. The van der Waals surface area contributed by atoms with Crippen LogP contribution >= 0.6 is 11.3 Å². The second-order valence-electron chi connectivity index (χ2n) is 3.88. The molecule has 90 valence electrons. The highest BCUT2D eigenvalue weighted by atomic mass is 32.1. The number of aryl methyl sites for hydroxylation is 1. The zero-order valence-corrected chi connectivity index (χ0v) is 10.2. The largest absolute Gasteiger partial charge is 0.388 e. The molecule has 2 rings (SSSR count). The second kappa shape index (κ2) is 5.89. The molecule has 2 aromatic rings. The van der Waals surface area contributed by atoms with Crippen LogP contribution < -0.4 is 0 Å². The Balaban J connectivity index is 1.85. The summed E-state index contributed by atoms with van der Waals surface area (Å²) >= 11 is 1.71. The van der Waals surface area contributed by atoms with Gasteiger partial charge in [0.05, 0.1) is 12.3 Å². The van der Waals surface area contributed by atoms with Gasteiger partial charge in [-0.15, -0.1) is 11.3 Å². The van der Waals surface area contributed by atoms with Gasteiger partial charge in [-0.1, -0.05) is 6.07 Å². The van der Waals surface area contributed by atoms with Crippen molar-refractivity contribution in [2.45, 2.75) is 25.4 Å². The van der Waals surface area contributed by atoms with Gasteiger partial charge in [-0.3, -0.25) is 4.98 Å². The van der Waals surface area contributed by atoms with Crippen LogP contribution in [0.2, 0.25) is 0 Å². The monoisotopic (exact) mass is 251 g/mol. The Morgan fingerprint density at radius 3 is 3.00 bits per heavy atom. The SMILES string of the molecule is OC(CCCc1cccs1)c1ccncc1F. The smallest absolute Gasteiger partial charge is 0.147 e. The molecular formula is C13H14FNOS. The van der Waals surface area contributed by atoms with Crippen LogP contribution in [0, 0.1) is 5.82 Å². The number of rotatable bonds is 5. The molecule has 0 spiro atoms. The number of hydrogen-bond acceptors (Lipinski definition) is 3. The van der Waals surface area contributed by atoms with E-state index in [4.69, 9.17) is 0 Å². The van der Waals surface area contributed by atoms with Crippen molar-refractivity contribution in [3.8, 4) is 0 Å². The Morgan fingerprint density at radius 2 is 2.29 bits per heavy atom. The highest BCUT2D eigenvalue weighted by Gasteiger charge is 2.12. The van der Waals surface area contributed by atoms with Gasteiger partial charge in [0, 0.05) is 16.6 Å². The lowest BCUT2D eigenvalue weighted by molar-refractivity contribution is 0.160. The van der Waals surface area contributed by atoms with Crippen molar-refractivity contribution in [2.75, 3.05) is 0 Å². The molecular weight excluding hydrogens is 237 g/mol. The summed E-state index contributed by atoms with van der Waals surface area (Å²) in [6, 6.07) is 5.62. The number of hydrogen-bond donors (Lipinski definition) is 1. The molecule has 2 aromatic heterocycles. The number of aromatic nitrogens is 1. The molecule has 2 heterocycles. The first-order valence-corrected chi connectivity index (χ1v) is 6.45. The third kappa shape index (κ3) is 3.35. The van der Waals surface area contributed by atoms with Crippen LogP contribution in [0.5, 0.6) is 0 Å². The zero-order chi connectivity index (χ0) is 12.1. The highest BCUT2D eigenvalue weighted by Crippen LogP contribution is 2.22. The quantitative estimate of drug-likeness (QED) is 0.884. The average Bonchev–Trinajstić information content (AvgIpc) is 2.82. The summed E-state index contributed by atoms with van der Waals surface area (Å²) in [5, 5.41) is 11.9. The molecule has 0 radical (unpaired) electrons. The molecule has 0 aliphatic rings. The van der Waals surface area contributed by atoms with E-state index >= 15 is 0 Å². The number of pyridine rings is 1. The second-order valence-corrected chi connectivity index (χ2v) is 4.92. The van der Waals surface area contributed by atoms with E-state index in [1.54, 1.807) is 11.3 Å². The molecule has 17 heavy (non-hydrogen) atoms. The van der Waals surface area contributed by atoms with Crippen molar-refractivity contribution in [3.05, 3.63) is 52.2 Å². The van der Waals surface area contributed by atoms with Gasteiger partial charge >= 0.3 is 0 Å². The minimum Gasteiger partial charge on any atom is -0.388 e. The molecule has 0 saturated carbocycles. The Morgan fingerprint density at radius 1 is 1.41 bits per heavy atom. The topological polar surface area (TPSA) is 33.1 Å². The molecule has 0 amide bonds. The van der Waals surface area contributed by atoms with Crippen LogP contribution in [0.4, 0.5) is 4.39 Å². The first-order valence-electron chi connectivity index (χ1n) is 5.57. The molecule has 2 nitrogen and oxygen atoms in total. The van der Waals surface area contributed by atoms with Gasteiger partial charge in [0.1, 0.15) is 5.82 Å². The summed E-state index contributed by atoms with van der Waals surface area (Å²) < 4.78 is 13.3. The summed E-state index contributed by atoms with van der Waals surface area (Å²) in [7, 11) is 0. The van der Waals surface area contributed by atoms with Crippen LogP contribution in [0.25, 0.3) is 0 Å². The fraction of sp³-hybridized carbons (Fsp3) is 0.308. The van der Waals surface area contributed by atoms with E-state index in [0.29, 0.717) is 12.0 Å². The van der Waals surface area contributed by atoms with E-state index in [0.717, 1.165) is 19.0 Å². The van der Waals surface area contributed by atoms with E-state index in [2.05, 4.69) is 11.1 Å². The lowest BCUT2D eigenvalue weighted by Gasteiger charge is -2.10. The third-order valence-corrected chi connectivity index (χ3v) is 3.58. The lowest BCUT2D eigenvalue weighted by atomic mass is 10.0. The predicted octanol–water partition coefficient (Wildman–Crippen LogP) is 3.34. The van der Waals surface area contributed by atoms with Gasteiger partial charge in [-0.25, -0.2) is 4.39 Å². The van der Waals surface area contributed by atoms with Crippen molar-refractivity contribution in [3.63, 3.8) is 0 Å². The molecule has 1 atom stereocenters. The zero-order valence-electron chi connectivity index (χ0n) is 9.34. The fourth-order valence-electron chi connectivity index (χ4n) is 1.74. The molecule has 0 bridgehead atoms. The van der Waals surface area contributed by atoms with E-state index in [9.17, 15) is 9.50 Å². The summed E-state index contributed by atoms with van der Waals surface area (Å²) in [5.74, 6) is -0.434. The molecule has 1 unspecified atom stereocenters. The van der Waals surface area contributed by atoms with E-state index in [1.165, 1.54) is 17.1 Å². The van der Waals surface area contributed by atoms with Crippen LogP contribution in [0.3, 0.4) is 0 Å². The van der Waals surface area contributed by atoms with Gasteiger partial charge in [0.2, 0.25) is 0 Å². The van der Waals surface area contributed by atoms with E-state index in [1.807, 2.05) is 11.4 Å². The third-order valence-electron chi connectivity index (χ3n) is 2.64. The number of halogens is 1. The van der Waals surface area contributed by atoms with Gasteiger partial charge in [-0.05, 0) is 36.8 Å². The summed E-state index contributed by atoms with van der Waals surface area (Å²) in [6.07, 6.45) is 4.25. The summed E-state index contributed by atoms with van der Waals surface area (Å²) in [5.41, 5.74) is 0.339. The van der Waals surface area contributed by atoms with Crippen LogP contribution in [-0.2, 0) is 6.42 Å². The molecule has 1 N–H and O–H groups in total. The van der Waals surface area contributed by atoms with Crippen LogP contribution in [0.1, 0.15) is 29.4 Å². The molecule has 0 saturated heterocycles. The van der Waals surface area contributed by atoms with Crippen molar-refractivity contribution < 1.29 is 9.50 Å². The lowest BCUT2D eigenvalue weighted by Crippen LogP contribution is -2.01.